The lowest BCUT2D eigenvalue weighted by Crippen LogP contribution is -2.37. The van der Waals surface area contributed by atoms with E-state index >= 15 is 0 Å². The zero-order valence-corrected chi connectivity index (χ0v) is 14.7. The number of nitrogens with zero attached hydrogens (tertiary/aromatic N) is 1. The Kier molecular flexibility index (Phi) is 6.90. The lowest BCUT2D eigenvalue weighted by Gasteiger charge is -2.22. The van der Waals surface area contributed by atoms with Crippen molar-refractivity contribution in [2.75, 3.05) is 52.7 Å². The minimum atomic E-state index is -0.0635. The largest absolute Gasteiger partial charge is 0.487 e. The molecule has 0 bridgehead atoms. The Morgan fingerprint density at radius 3 is 2.04 bits per heavy atom. The van der Waals surface area contributed by atoms with E-state index in [2.05, 4.69) is 5.73 Å². The van der Waals surface area contributed by atoms with E-state index in [4.69, 9.17) is 18.9 Å². The second-order valence-corrected chi connectivity index (χ2v) is 5.74. The summed E-state index contributed by atoms with van der Waals surface area (Å²) < 4.78 is 22.7. The van der Waals surface area contributed by atoms with Gasteiger partial charge in [0.05, 0.1) is 32.0 Å². The van der Waals surface area contributed by atoms with Crippen molar-refractivity contribution in [2.24, 2.45) is 0 Å². The Balaban J connectivity index is 1.57. The number of amides is 1. The molecule has 1 aromatic rings. The number of ether oxygens (including phenoxy) is 4. The highest BCUT2D eigenvalue weighted by Gasteiger charge is 2.17. The Bertz CT molecular complexity index is 671. The van der Waals surface area contributed by atoms with Crippen LogP contribution >= 0.6 is 0 Å². The van der Waals surface area contributed by atoms with Gasteiger partial charge in [0.1, 0.15) is 13.2 Å². The summed E-state index contributed by atoms with van der Waals surface area (Å²) in [7, 11) is 0. The number of carbonyl (C=O) groups excluding carboxylic acids is 1. The number of fused-ring (bicyclic) bond motifs is 1. The first-order valence-electron chi connectivity index (χ1n) is 8.77. The maximum atomic E-state index is 12.5. The second-order valence-electron chi connectivity index (χ2n) is 5.74. The Morgan fingerprint density at radius 1 is 0.885 bits per heavy atom. The molecule has 2 aliphatic rings. The molecule has 0 atom stereocenters. The van der Waals surface area contributed by atoms with Crippen molar-refractivity contribution in [3.05, 3.63) is 53.8 Å². The third-order valence-electron chi connectivity index (χ3n) is 3.95. The summed E-state index contributed by atoms with van der Waals surface area (Å²) in [5, 5.41) is 0. The van der Waals surface area contributed by atoms with Crippen LogP contribution in [-0.4, -0.2) is 63.5 Å². The number of benzene rings is 1. The summed E-state index contributed by atoms with van der Waals surface area (Å²) in [4.78, 5) is 14.3. The number of hydrogen-bond donors (Lipinski definition) is 0. The average molecular weight is 357 g/mol. The van der Waals surface area contributed by atoms with Gasteiger partial charge in [-0.25, -0.2) is 0 Å². The minimum absolute atomic E-state index is 0.0635. The maximum Gasteiger partial charge on any atom is 0.261 e. The molecular weight excluding hydrogens is 334 g/mol. The molecule has 6 nitrogen and oxygen atoms in total. The van der Waals surface area contributed by atoms with Crippen LogP contribution in [-0.2, 0) is 14.3 Å². The Morgan fingerprint density at radius 2 is 1.50 bits per heavy atom. The van der Waals surface area contributed by atoms with Crippen molar-refractivity contribution >= 4 is 5.91 Å². The van der Waals surface area contributed by atoms with Gasteiger partial charge in [-0.2, -0.15) is 0 Å². The van der Waals surface area contributed by atoms with Crippen molar-refractivity contribution in [1.82, 2.24) is 4.90 Å². The van der Waals surface area contributed by atoms with E-state index < -0.39 is 0 Å². The molecule has 6 heteroatoms. The van der Waals surface area contributed by atoms with Gasteiger partial charge >= 0.3 is 0 Å². The Hall–Kier alpha value is -2.53. The zero-order chi connectivity index (χ0) is 18.0. The lowest BCUT2D eigenvalue weighted by molar-refractivity contribution is -0.128. The highest BCUT2D eigenvalue weighted by molar-refractivity contribution is 5.96. The van der Waals surface area contributed by atoms with Gasteiger partial charge in [-0.3, -0.25) is 4.79 Å². The first-order valence-corrected chi connectivity index (χ1v) is 8.77. The fraction of sp³-hybridized carbons (Fsp3) is 0.400. The molecule has 0 aromatic heterocycles. The van der Waals surface area contributed by atoms with Gasteiger partial charge in [0.25, 0.3) is 5.91 Å². The predicted octanol–water partition coefficient (Wildman–Crippen LogP) is 1.97. The van der Waals surface area contributed by atoms with Crippen LogP contribution in [0.4, 0.5) is 0 Å². The van der Waals surface area contributed by atoms with Crippen LogP contribution in [0.15, 0.2) is 53.8 Å². The second kappa shape index (κ2) is 9.82. The van der Waals surface area contributed by atoms with Crippen molar-refractivity contribution in [2.45, 2.75) is 0 Å². The zero-order valence-electron chi connectivity index (χ0n) is 14.7. The number of carbonyl (C=O) groups is 1. The summed E-state index contributed by atoms with van der Waals surface area (Å²) in [6.45, 7) is 3.58. The smallest absolute Gasteiger partial charge is 0.261 e. The van der Waals surface area contributed by atoms with E-state index in [9.17, 15) is 4.79 Å². The van der Waals surface area contributed by atoms with Crippen molar-refractivity contribution in [1.29, 1.82) is 0 Å². The molecule has 0 saturated heterocycles. The maximum absolute atomic E-state index is 12.5. The fourth-order valence-corrected chi connectivity index (χ4v) is 2.61. The molecule has 3 rings (SSSR count). The Labute approximate surface area is 153 Å². The first kappa shape index (κ1) is 18.3. The molecule has 0 fully saturated rings. The van der Waals surface area contributed by atoms with Crippen LogP contribution in [0.5, 0.6) is 11.5 Å². The molecule has 1 aliphatic carbocycles. The molecular formula is C20H23NO5. The molecule has 0 saturated carbocycles. The molecule has 26 heavy (non-hydrogen) atoms. The standard InChI is InChI=1S/C20H23NO5/c22-20(17-5-1-2-6-17)21-9-11-23-13-15-25-18-7-3-4-8-19(18)26-16-14-24-12-10-21/h1-5,7-8H,9-16H2. The molecule has 0 spiro atoms. The van der Waals surface area contributed by atoms with E-state index in [0.717, 1.165) is 0 Å². The first-order chi connectivity index (χ1) is 12.8. The van der Waals surface area contributed by atoms with Crippen LogP contribution in [0.2, 0.25) is 0 Å². The van der Waals surface area contributed by atoms with Crippen LogP contribution in [0.1, 0.15) is 0 Å². The molecule has 0 N–H and O–H groups in total. The lowest BCUT2D eigenvalue weighted by atomic mass is 10.2. The van der Waals surface area contributed by atoms with Crippen molar-refractivity contribution in [3.63, 3.8) is 0 Å². The molecule has 1 amide bonds. The van der Waals surface area contributed by atoms with E-state index in [1.54, 1.807) is 23.1 Å². The van der Waals surface area contributed by atoms with Crippen LogP contribution in [0.25, 0.3) is 0 Å². The van der Waals surface area contributed by atoms with Gasteiger partial charge in [-0.15, -0.1) is 5.73 Å². The van der Waals surface area contributed by atoms with Crippen molar-refractivity contribution in [3.8, 4) is 11.5 Å². The number of rotatable bonds is 1. The monoisotopic (exact) mass is 357 g/mol. The summed E-state index contributed by atoms with van der Waals surface area (Å²) in [6.07, 6.45) is 5.30. The third kappa shape index (κ3) is 5.23. The van der Waals surface area contributed by atoms with Gasteiger partial charge in [-0.1, -0.05) is 18.2 Å². The van der Waals surface area contributed by atoms with Gasteiger partial charge in [0.2, 0.25) is 0 Å². The number of hydrogen-bond acceptors (Lipinski definition) is 5. The summed E-state index contributed by atoms with van der Waals surface area (Å²) in [5.74, 6) is 1.32. The van der Waals surface area contributed by atoms with Gasteiger partial charge < -0.3 is 23.8 Å². The van der Waals surface area contributed by atoms with Gasteiger partial charge in [-0.05, 0) is 24.3 Å². The average Bonchev–Trinajstić information content (AvgIpc) is 3.19. The van der Waals surface area contributed by atoms with Gasteiger partial charge in [0.15, 0.2) is 11.5 Å². The van der Waals surface area contributed by atoms with E-state index in [0.29, 0.717) is 69.8 Å². The summed E-state index contributed by atoms with van der Waals surface area (Å²) >= 11 is 0. The predicted molar refractivity (Wildman–Crippen MR) is 96.4 cm³/mol. The third-order valence-corrected chi connectivity index (χ3v) is 3.95. The molecule has 1 aromatic carbocycles. The van der Waals surface area contributed by atoms with Crippen molar-refractivity contribution < 1.29 is 23.7 Å². The molecule has 1 heterocycles. The number of para-hydroxylation sites is 2. The minimum Gasteiger partial charge on any atom is -0.487 e. The summed E-state index contributed by atoms with van der Waals surface area (Å²) in [5.41, 5.74) is 3.50. The SMILES string of the molecule is O=C(C1=C=CC=C1)N1CCOCCOc2ccccc2OCCOCC1. The van der Waals surface area contributed by atoms with E-state index in [1.165, 1.54) is 0 Å². The highest BCUT2D eigenvalue weighted by Crippen LogP contribution is 2.26. The van der Waals surface area contributed by atoms with Crippen LogP contribution < -0.4 is 9.47 Å². The molecule has 0 unspecified atom stereocenters. The normalized spacial score (nSPS) is 18.8. The molecule has 138 valence electrons. The molecule has 1 aliphatic heterocycles. The van der Waals surface area contributed by atoms with Crippen LogP contribution in [0, 0.1) is 0 Å². The fourth-order valence-electron chi connectivity index (χ4n) is 2.61. The topological polar surface area (TPSA) is 57.2 Å². The highest BCUT2D eigenvalue weighted by atomic mass is 16.6. The van der Waals surface area contributed by atoms with E-state index in [-0.39, 0.29) is 5.91 Å². The molecule has 0 radical (unpaired) electrons. The summed E-state index contributed by atoms with van der Waals surface area (Å²) in [6, 6.07) is 7.53. The van der Waals surface area contributed by atoms with Crippen LogP contribution in [0.3, 0.4) is 0 Å². The number of allylic oxidation sites excluding steroid dienone is 1. The quantitative estimate of drug-likeness (QED) is 0.720. The van der Waals surface area contributed by atoms with E-state index in [1.807, 2.05) is 24.3 Å². The van der Waals surface area contributed by atoms with Gasteiger partial charge in [0, 0.05) is 13.1 Å².